The molecule has 0 aromatic carbocycles. The van der Waals surface area contributed by atoms with Gasteiger partial charge >= 0.3 is 0 Å². The standard InChI is InChI=1S/C9H14N2OS3/c1-13-7-10-11-8(15-7)14-6-9(12)4-2-3-5-9/h12H,2-6H2,1H3. The lowest BCUT2D eigenvalue weighted by atomic mass is 10.1. The maximum absolute atomic E-state index is 10.1. The zero-order valence-electron chi connectivity index (χ0n) is 8.60. The van der Waals surface area contributed by atoms with E-state index in [2.05, 4.69) is 10.2 Å². The van der Waals surface area contributed by atoms with Crippen LogP contribution < -0.4 is 0 Å². The van der Waals surface area contributed by atoms with Crippen LogP contribution in [0.3, 0.4) is 0 Å². The topological polar surface area (TPSA) is 46.0 Å². The Morgan fingerprint density at radius 1 is 1.33 bits per heavy atom. The minimum Gasteiger partial charge on any atom is -0.389 e. The van der Waals surface area contributed by atoms with Crippen LogP contribution in [0, 0.1) is 0 Å². The van der Waals surface area contributed by atoms with Gasteiger partial charge in [-0.05, 0) is 19.1 Å². The summed E-state index contributed by atoms with van der Waals surface area (Å²) in [7, 11) is 0. The van der Waals surface area contributed by atoms with E-state index in [9.17, 15) is 5.11 Å². The van der Waals surface area contributed by atoms with Gasteiger partial charge in [0, 0.05) is 5.75 Å². The number of hydrogen-bond donors (Lipinski definition) is 1. The van der Waals surface area contributed by atoms with E-state index in [1.54, 1.807) is 34.9 Å². The number of thioether (sulfide) groups is 2. The van der Waals surface area contributed by atoms with Crippen LogP contribution in [0.5, 0.6) is 0 Å². The van der Waals surface area contributed by atoms with E-state index in [1.165, 1.54) is 0 Å². The third-order valence-corrected chi connectivity index (χ3v) is 5.87. The maximum Gasteiger partial charge on any atom is 0.175 e. The van der Waals surface area contributed by atoms with E-state index < -0.39 is 5.60 Å². The molecule has 1 aromatic heterocycles. The van der Waals surface area contributed by atoms with Crippen molar-refractivity contribution in [2.24, 2.45) is 0 Å². The lowest BCUT2D eigenvalue weighted by Gasteiger charge is -2.20. The van der Waals surface area contributed by atoms with Gasteiger partial charge in [-0.15, -0.1) is 10.2 Å². The molecule has 1 heterocycles. The average Bonchev–Trinajstić information content (AvgIpc) is 2.84. The van der Waals surface area contributed by atoms with Crippen LogP contribution in [0.1, 0.15) is 25.7 Å². The van der Waals surface area contributed by atoms with Gasteiger partial charge in [0.15, 0.2) is 8.68 Å². The summed E-state index contributed by atoms with van der Waals surface area (Å²) in [5.74, 6) is 0.760. The van der Waals surface area contributed by atoms with E-state index in [4.69, 9.17) is 0 Å². The summed E-state index contributed by atoms with van der Waals surface area (Å²) in [5.41, 5.74) is -0.449. The normalized spacial score (nSPS) is 19.6. The molecule has 0 saturated heterocycles. The first-order chi connectivity index (χ1) is 7.22. The largest absolute Gasteiger partial charge is 0.389 e. The van der Waals surface area contributed by atoms with Crippen molar-refractivity contribution in [3.63, 3.8) is 0 Å². The summed E-state index contributed by atoms with van der Waals surface area (Å²) in [4.78, 5) is 0. The summed E-state index contributed by atoms with van der Waals surface area (Å²) >= 11 is 4.86. The smallest absolute Gasteiger partial charge is 0.175 e. The van der Waals surface area contributed by atoms with Gasteiger partial charge in [0.2, 0.25) is 0 Å². The molecule has 0 spiro atoms. The molecule has 1 fully saturated rings. The van der Waals surface area contributed by atoms with Crippen molar-refractivity contribution >= 4 is 34.9 Å². The van der Waals surface area contributed by atoms with E-state index in [0.717, 1.165) is 40.1 Å². The molecule has 1 aliphatic rings. The van der Waals surface area contributed by atoms with Crippen LogP contribution in [-0.2, 0) is 0 Å². The van der Waals surface area contributed by atoms with Crippen molar-refractivity contribution in [3.05, 3.63) is 0 Å². The summed E-state index contributed by atoms with van der Waals surface area (Å²) < 4.78 is 1.97. The maximum atomic E-state index is 10.1. The molecule has 0 unspecified atom stereocenters. The van der Waals surface area contributed by atoms with Gasteiger partial charge in [0.25, 0.3) is 0 Å². The molecular formula is C9H14N2OS3. The van der Waals surface area contributed by atoms with Crippen molar-refractivity contribution in [1.29, 1.82) is 0 Å². The summed E-state index contributed by atoms with van der Waals surface area (Å²) in [5, 5.41) is 18.3. The van der Waals surface area contributed by atoms with Crippen LogP contribution in [0.2, 0.25) is 0 Å². The van der Waals surface area contributed by atoms with Gasteiger partial charge in [-0.2, -0.15) is 0 Å². The average molecular weight is 262 g/mol. The third kappa shape index (κ3) is 3.09. The second-order valence-electron chi connectivity index (χ2n) is 3.76. The van der Waals surface area contributed by atoms with Crippen LogP contribution in [0.25, 0.3) is 0 Å². The van der Waals surface area contributed by atoms with Crippen molar-refractivity contribution in [1.82, 2.24) is 10.2 Å². The van der Waals surface area contributed by atoms with Crippen molar-refractivity contribution in [2.45, 2.75) is 40.0 Å². The van der Waals surface area contributed by atoms with Crippen LogP contribution >= 0.6 is 34.9 Å². The molecule has 1 aliphatic carbocycles. The number of hydrogen-bond acceptors (Lipinski definition) is 6. The fourth-order valence-electron chi connectivity index (χ4n) is 1.71. The highest BCUT2D eigenvalue weighted by molar-refractivity contribution is 8.03. The second kappa shape index (κ2) is 5.03. The zero-order valence-corrected chi connectivity index (χ0v) is 11.1. The number of rotatable bonds is 4. The van der Waals surface area contributed by atoms with Gasteiger partial charge in [-0.25, -0.2) is 0 Å². The Hall–Kier alpha value is 0.220. The Kier molecular flexibility index (Phi) is 3.93. The molecule has 0 aliphatic heterocycles. The molecule has 1 saturated carbocycles. The molecule has 3 nitrogen and oxygen atoms in total. The van der Waals surface area contributed by atoms with Crippen molar-refractivity contribution in [3.8, 4) is 0 Å². The summed E-state index contributed by atoms with van der Waals surface area (Å²) in [6.07, 6.45) is 6.19. The Bertz CT molecular complexity index is 323. The van der Waals surface area contributed by atoms with E-state index in [0.29, 0.717) is 0 Å². The molecule has 6 heteroatoms. The first kappa shape index (κ1) is 11.7. The van der Waals surface area contributed by atoms with Crippen LogP contribution in [0.15, 0.2) is 8.68 Å². The Balaban J connectivity index is 1.87. The molecular weight excluding hydrogens is 248 g/mol. The molecule has 0 radical (unpaired) electrons. The summed E-state index contributed by atoms with van der Waals surface area (Å²) in [6.45, 7) is 0. The molecule has 0 bridgehead atoms. The first-order valence-electron chi connectivity index (χ1n) is 4.94. The van der Waals surface area contributed by atoms with Crippen LogP contribution in [0.4, 0.5) is 0 Å². The van der Waals surface area contributed by atoms with Gasteiger partial charge < -0.3 is 5.11 Å². The fraction of sp³-hybridized carbons (Fsp3) is 0.778. The lowest BCUT2D eigenvalue weighted by molar-refractivity contribution is 0.0732. The molecule has 0 atom stereocenters. The van der Waals surface area contributed by atoms with E-state index in [1.807, 2.05) is 6.26 Å². The molecule has 1 N–H and O–H groups in total. The Labute approximate surface area is 102 Å². The van der Waals surface area contributed by atoms with Gasteiger partial charge in [-0.3, -0.25) is 0 Å². The lowest BCUT2D eigenvalue weighted by Crippen LogP contribution is -2.26. The molecule has 0 amide bonds. The number of aliphatic hydroxyl groups is 1. The first-order valence-corrected chi connectivity index (χ1v) is 7.97. The van der Waals surface area contributed by atoms with Gasteiger partial charge in [-0.1, -0.05) is 47.7 Å². The predicted molar refractivity (Wildman–Crippen MR) is 65.8 cm³/mol. The summed E-state index contributed by atoms with van der Waals surface area (Å²) in [6, 6.07) is 0. The van der Waals surface area contributed by atoms with Crippen molar-refractivity contribution < 1.29 is 5.11 Å². The minimum atomic E-state index is -0.449. The quantitative estimate of drug-likeness (QED) is 0.845. The zero-order chi connectivity index (χ0) is 10.7. The minimum absolute atomic E-state index is 0.449. The predicted octanol–water partition coefficient (Wildman–Crippen LogP) is 2.66. The monoisotopic (exact) mass is 262 g/mol. The third-order valence-electron chi connectivity index (χ3n) is 2.56. The molecule has 84 valence electrons. The van der Waals surface area contributed by atoms with Crippen LogP contribution in [-0.4, -0.2) is 32.9 Å². The fourth-order valence-corrected chi connectivity index (χ4v) is 4.30. The molecule has 2 rings (SSSR count). The van der Waals surface area contributed by atoms with E-state index in [-0.39, 0.29) is 0 Å². The Morgan fingerprint density at radius 2 is 2.00 bits per heavy atom. The molecule has 1 aromatic rings. The highest BCUT2D eigenvalue weighted by Crippen LogP contribution is 2.36. The number of aromatic nitrogens is 2. The highest BCUT2D eigenvalue weighted by atomic mass is 32.2. The number of nitrogens with zero attached hydrogens (tertiary/aromatic N) is 2. The highest BCUT2D eigenvalue weighted by Gasteiger charge is 2.31. The van der Waals surface area contributed by atoms with Gasteiger partial charge in [0.05, 0.1) is 5.60 Å². The second-order valence-corrected chi connectivity index (χ2v) is 7.01. The SMILES string of the molecule is CSc1nnc(SCC2(O)CCCC2)s1. The van der Waals surface area contributed by atoms with Crippen molar-refractivity contribution in [2.75, 3.05) is 12.0 Å². The van der Waals surface area contributed by atoms with Gasteiger partial charge in [0.1, 0.15) is 0 Å². The van der Waals surface area contributed by atoms with E-state index >= 15 is 0 Å². The molecule has 15 heavy (non-hydrogen) atoms. The Morgan fingerprint density at radius 3 is 2.60 bits per heavy atom.